The molecular weight excluding hydrogens is 377 g/mol. The lowest BCUT2D eigenvalue weighted by Crippen LogP contribution is -2.17. The van der Waals surface area contributed by atoms with E-state index in [0.29, 0.717) is 35.3 Å². The van der Waals surface area contributed by atoms with E-state index in [1.165, 1.54) is 26.4 Å². The molecule has 1 aromatic carbocycles. The molecule has 0 aliphatic heterocycles. The molecule has 0 spiro atoms. The van der Waals surface area contributed by atoms with E-state index in [0.717, 1.165) is 6.07 Å². The Hall–Kier alpha value is -2.97. The van der Waals surface area contributed by atoms with Gasteiger partial charge in [0, 0.05) is 18.1 Å². The van der Waals surface area contributed by atoms with E-state index in [1.807, 2.05) is 6.92 Å². The average Bonchev–Trinajstić information content (AvgIpc) is 2.61. The summed E-state index contributed by atoms with van der Waals surface area (Å²) >= 11 is 0. The molecular formula is C19H21F3N2O4. The number of carbonyl (C=O) groups excluding carboxylic acids is 1. The fraction of sp³-hybridized carbons (Fsp3) is 0.368. The predicted octanol–water partition coefficient (Wildman–Crippen LogP) is 4.71. The van der Waals surface area contributed by atoms with Gasteiger partial charge < -0.3 is 19.5 Å². The standard InChI is InChI=1S/C19H21F3N2O4/c1-5-6-16(25)23-14-9-11(2)17(24-18(14)27-4)13-8-7-12(10-15(13)26-3)28-19(20,21)22/h7-10H,5-6H2,1-4H3,(H,23,25). The number of methoxy groups -OCH3 is 2. The zero-order valence-corrected chi connectivity index (χ0v) is 15.9. The third kappa shape index (κ3) is 5.28. The highest BCUT2D eigenvalue weighted by atomic mass is 19.4. The van der Waals surface area contributed by atoms with Gasteiger partial charge in [0.05, 0.1) is 19.9 Å². The highest BCUT2D eigenvalue weighted by Gasteiger charge is 2.31. The van der Waals surface area contributed by atoms with E-state index in [-0.39, 0.29) is 17.5 Å². The van der Waals surface area contributed by atoms with Crippen molar-refractivity contribution < 1.29 is 32.2 Å². The Morgan fingerprint density at radius 3 is 2.46 bits per heavy atom. The molecule has 28 heavy (non-hydrogen) atoms. The van der Waals surface area contributed by atoms with Gasteiger partial charge in [0.2, 0.25) is 11.8 Å². The molecule has 0 aliphatic carbocycles. The molecule has 2 aromatic rings. The molecule has 0 unspecified atom stereocenters. The van der Waals surface area contributed by atoms with Crippen molar-refractivity contribution in [1.82, 2.24) is 4.98 Å². The average molecular weight is 398 g/mol. The number of ether oxygens (including phenoxy) is 3. The molecule has 9 heteroatoms. The van der Waals surface area contributed by atoms with Crippen molar-refractivity contribution in [2.45, 2.75) is 33.1 Å². The minimum absolute atomic E-state index is 0.155. The highest BCUT2D eigenvalue weighted by molar-refractivity contribution is 5.92. The highest BCUT2D eigenvalue weighted by Crippen LogP contribution is 2.38. The molecule has 1 amide bonds. The van der Waals surface area contributed by atoms with Gasteiger partial charge in [-0.15, -0.1) is 13.2 Å². The van der Waals surface area contributed by atoms with Gasteiger partial charge in [-0.3, -0.25) is 4.79 Å². The molecule has 0 aliphatic rings. The molecule has 2 rings (SSSR count). The first-order valence-corrected chi connectivity index (χ1v) is 8.48. The number of rotatable bonds is 7. The maximum Gasteiger partial charge on any atom is 0.573 e. The number of alkyl halides is 3. The summed E-state index contributed by atoms with van der Waals surface area (Å²) < 4.78 is 51.7. The number of nitrogens with one attached hydrogen (secondary N) is 1. The maximum absolute atomic E-state index is 12.4. The van der Waals surface area contributed by atoms with Gasteiger partial charge in [0.15, 0.2) is 0 Å². The lowest BCUT2D eigenvalue weighted by Gasteiger charge is -2.16. The van der Waals surface area contributed by atoms with Crippen LogP contribution in [0.1, 0.15) is 25.3 Å². The lowest BCUT2D eigenvalue weighted by molar-refractivity contribution is -0.274. The van der Waals surface area contributed by atoms with Crippen LogP contribution in [-0.4, -0.2) is 31.5 Å². The second-order valence-electron chi connectivity index (χ2n) is 5.92. The van der Waals surface area contributed by atoms with Gasteiger partial charge in [-0.25, -0.2) is 4.98 Å². The first-order chi connectivity index (χ1) is 13.2. The number of nitrogens with zero attached hydrogens (tertiary/aromatic N) is 1. The molecule has 1 aromatic heterocycles. The number of pyridine rings is 1. The van der Waals surface area contributed by atoms with Crippen molar-refractivity contribution in [3.8, 4) is 28.6 Å². The molecule has 0 bridgehead atoms. The van der Waals surface area contributed by atoms with Crippen molar-refractivity contribution >= 4 is 11.6 Å². The Bertz CT molecular complexity index is 854. The molecule has 1 heterocycles. The number of benzene rings is 1. The van der Waals surface area contributed by atoms with Gasteiger partial charge in [-0.2, -0.15) is 0 Å². The fourth-order valence-corrected chi connectivity index (χ4v) is 2.62. The topological polar surface area (TPSA) is 69.7 Å². The number of hydrogen-bond acceptors (Lipinski definition) is 5. The third-order valence-corrected chi connectivity index (χ3v) is 3.78. The number of halogens is 3. The molecule has 0 fully saturated rings. The molecule has 0 atom stereocenters. The number of aryl methyl sites for hydroxylation is 1. The SMILES string of the molecule is CCCC(=O)Nc1cc(C)c(-c2ccc(OC(F)(F)F)cc2OC)nc1OC. The Balaban J connectivity index is 2.45. The van der Waals surface area contributed by atoms with E-state index in [4.69, 9.17) is 9.47 Å². The number of amides is 1. The van der Waals surface area contributed by atoms with Crippen LogP contribution in [0.25, 0.3) is 11.3 Å². The second kappa shape index (κ2) is 8.81. The smallest absolute Gasteiger partial charge is 0.496 e. The number of carbonyl (C=O) groups is 1. The Labute approximate surface area is 160 Å². The van der Waals surface area contributed by atoms with Crippen LogP contribution in [0.5, 0.6) is 17.4 Å². The molecule has 1 N–H and O–H groups in total. The first kappa shape index (κ1) is 21.3. The van der Waals surface area contributed by atoms with Gasteiger partial charge in [-0.05, 0) is 37.1 Å². The second-order valence-corrected chi connectivity index (χ2v) is 5.92. The van der Waals surface area contributed by atoms with Crippen LogP contribution in [0, 0.1) is 6.92 Å². The number of anilines is 1. The monoisotopic (exact) mass is 398 g/mol. The van der Waals surface area contributed by atoms with Gasteiger partial charge in [0.25, 0.3) is 0 Å². The summed E-state index contributed by atoms with van der Waals surface area (Å²) in [4.78, 5) is 16.3. The van der Waals surface area contributed by atoms with Crippen molar-refractivity contribution in [1.29, 1.82) is 0 Å². The summed E-state index contributed by atoms with van der Waals surface area (Å²) in [5, 5.41) is 2.74. The van der Waals surface area contributed by atoms with Crippen molar-refractivity contribution in [3.63, 3.8) is 0 Å². The summed E-state index contributed by atoms with van der Waals surface area (Å²) in [6, 6.07) is 5.42. The molecule has 0 saturated heterocycles. The van der Waals surface area contributed by atoms with Crippen LogP contribution in [0.3, 0.4) is 0 Å². The first-order valence-electron chi connectivity index (χ1n) is 8.48. The minimum atomic E-state index is -4.80. The normalized spacial score (nSPS) is 11.1. The lowest BCUT2D eigenvalue weighted by atomic mass is 10.0. The van der Waals surface area contributed by atoms with Crippen LogP contribution >= 0.6 is 0 Å². The van der Waals surface area contributed by atoms with Crippen LogP contribution in [0.4, 0.5) is 18.9 Å². The van der Waals surface area contributed by atoms with Gasteiger partial charge in [-0.1, -0.05) is 6.92 Å². The molecule has 0 radical (unpaired) electrons. The molecule has 6 nitrogen and oxygen atoms in total. The zero-order valence-electron chi connectivity index (χ0n) is 15.9. The molecule has 152 valence electrons. The zero-order chi connectivity index (χ0) is 20.9. The quantitative estimate of drug-likeness (QED) is 0.731. The van der Waals surface area contributed by atoms with E-state index >= 15 is 0 Å². The Morgan fingerprint density at radius 2 is 1.89 bits per heavy atom. The van der Waals surface area contributed by atoms with E-state index in [1.54, 1.807) is 13.0 Å². The summed E-state index contributed by atoms with van der Waals surface area (Å²) in [5.74, 6) is -0.230. The Kier molecular flexibility index (Phi) is 6.71. The summed E-state index contributed by atoms with van der Waals surface area (Å²) in [6.07, 6.45) is -3.75. The molecule has 0 saturated carbocycles. The van der Waals surface area contributed by atoms with E-state index in [2.05, 4.69) is 15.0 Å². The fourth-order valence-electron chi connectivity index (χ4n) is 2.62. The Morgan fingerprint density at radius 1 is 1.18 bits per heavy atom. The van der Waals surface area contributed by atoms with Crippen LogP contribution in [0.15, 0.2) is 24.3 Å². The number of hydrogen-bond donors (Lipinski definition) is 1. The third-order valence-electron chi connectivity index (χ3n) is 3.78. The van der Waals surface area contributed by atoms with Crippen LogP contribution < -0.4 is 19.5 Å². The minimum Gasteiger partial charge on any atom is -0.496 e. The summed E-state index contributed by atoms with van der Waals surface area (Å²) in [6.45, 7) is 3.65. The summed E-state index contributed by atoms with van der Waals surface area (Å²) in [7, 11) is 2.75. The number of aromatic nitrogens is 1. The van der Waals surface area contributed by atoms with E-state index < -0.39 is 12.1 Å². The maximum atomic E-state index is 12.4. The van der Waals surface area contributed by atoms with Crippen molar-refractivity contribution in [2.24, 2.45) is 0 Å². The van der Waals surface area contributed by atoms with Crippen LogP contribution in [0.2, 0.25) is 0 Å². The van der Waals surface area contributed by atoms with Crippen LogP contribution in [-0.2, 0) is 4.79 Å². The van der Waals surface area contributed by atoms with E-state index in [9.17, 15) is 18.0 Å². The van der Waals surface area contributed by atoms with Crippen molar-refractivity contribution in [3.05, 3.63) is 29.8 Å². The van der Waals surface area contributed by atoms with Gasteiger partial charge in [0.1, 0.15) is 17.2 Å². The largest absolute Gasteiger partial charge is 0.573 e. The summed E-state index contributed by atoms with van der Waals surface area (Å²) in [5.41, 5.74) is 1.99. The van der Waals surface area contributed by atoms with Gasteiger partial charge >= 0.3 is 6.36 Å². The van der Waals surface area contributed by atoms with Crippen molar-refractivity contribution in [2.75, 3.05) is 19.5 Å². The predicted molar refractivity (Wildman–Crippen MR) is 97.7 cm³/mol.